The first-order valence-corrected chi connectivity index (χ1v) is 6.23. The molecule has 0 bridgehead atoms. The molecule has 4 N–H and O–H groups in total. The zero-order valence-corrected chi connectivity index (χ0v) is 10.3. The number of nitrogens with one attached hydrogen (secondary N) is 1. The Hall–Kier alpha value is -1.69. The molecule has 0 aromatic carbocycles. The number of hydrogen-bond acceptors (Lipinski definition) is 5. The maximum Gasteiger partial charge on any atom is 0.158 e. The Bertz CT molecular complexity index is 421. The fourth-order valence-corrected chi connectivity index (χ4v) is 2.43. The van der Waals surface area contributed by atoms with Crippen molar-refractivity contribution in [1.29, 1.82) is 5.41 Å². The molecule has 1 atom stereocenters. The molecular weight excluding hydrogens is 230 g/mol. The molecule has 0 spiro atoms. The molecule has 1 fully saturated rings. The standard InChI is InChI=1S/C12H19N5O/c13-11(14)10-12(16-5-4-15-10)17-6-1-2-9(8-17)3-7-18/h4-5,9,18H,1-3,6-8H2,(H3,13,14). The van der Waals surface area contributed by atoms with Gasteiger partial charge in [-0.05, 0) is 25.2 Å². The molecule has 2 heterocycles. The van der Waals surface area contributed by atoms with E-state index in [-0.39, 0.29) is 12.4 Å². The average Bonchev–Trinajstić information content (AvgIpc) is 2.39. The molecule has 1 saturated heterocycles. The second-order valence-corrected chi connectivity index (χ2v) is 4.61. The topological polar surface area (TPSA) is 99.1 Å². The summed E-state index contributed by atoms with van der Waals surface area (Å²) < 4.78 is 0. The average molecular weight is 249 g/mol. The van der Waals surface area contributed by atoms with Crippen LogP contribution in [0.1, 0.15) is 25.0 Å². The molecular formula is C12H19N5O. The van der Waals surface area contributed by atoms with Crippen molar-refractivity contribution in [3.05, 3.63) is 18.1 Å². The van der Waals surface area contributed by atoms with Crippen LogP contribution in [0.4, 0.5) is 5.82 Å². The highest BCUT2D eigenvalue weighted by Gasteiger charge is 2.23. The van der Waals surface area contributed by atoms with Crippen molar-refractivity contribution in [3.8, 4) is 0 Å². The van der Waals surface area contributed by atoms with Crippen LogP contribution in [0.15, 0.2) is 12.4 Å². The van der Waals surface area contributed by atoms with E-state index in [2.05, 4.69) is 14.9 Å². The molecule has 1 aliphatic heterocycles. The van der Waals surface area contributed by atoms with Crippen molar-refractivity contribution in [2.24, 2.45) is 11.7 Å². The lowest BCUT2D eigenvalue weighted by Crippen LogP contribution is -2.38. The number of nitrogen functional groups attached to an aromatic ring is 1. The lowest BCUT2D eigenvalue weighted by Gasteiger charge is -2.33. The minimum Gasteiger partial charge on any atom is -0.396 e. The van der Waals surface area contributed by atoms with Crippen LogP contribution >= 0.6 is 0 Å². The van der Waals surface area contributed by atoms with Gasteiger partial charge in [-0.3, -0.25) is 5.41 Å². The van der Waals surface area contributed by atoms with Crippen LogP contribution in [-0.2, 0) is 0 Å². The number of nitrogens with two attached hydrogens (primary N) is 1. The normalized spacial score (nSPS) is 19.8. The van der Waals surface area contributed by atoms with Crippen molar-refractivity contribution < 1.29 is 5.11 Å². The maximum absolute atomic E-state index is 9.02. The summed E-state index contributed by atoms with van der Waals surface area (Å²) in [5, 5.41) is 16.6. The Balaban J connectivity index is 2.18. The van der Waals surface area contributed by atoms with E-state index in [9.17, 15) is 0 Å². The zero-order chi connectivity index (χ0) is 13.0. The molecule has 1 unspecified atom stereocenters. The second kappa shape index (κ2) is 5.77. The maximum atomic E-state index is 9.02. The van der Waals surface area contributed by atoms with Gasteiger partial charge in [-0.25, -0.2) is 9.97 Å². The van der Waals surface area contributed by atoms with E-state index in [1.54, 1.807) is 12.4 Å². The van der Waals surface area contributed by atoms with Crippen molar-refractivity contribution in [2.45, 2.75) is 19.3 Å². The fraction of sp³-hybridized carbons (Fsp3) is 0.583. The summed E-state index contributed by atoms with van der Waals surface area (Å²) in [6.07, 6.45) is 6.18. The molecule has 0 radical (unpaired) electrons. The van der Waals surface area contributed by atoms with Crippen LogP contribution in [0.3, 0.4) is 0 Å². The third-order valence-corrected chi connectivity index (χ3v) is 3.29. The third-order valence-electron chi connectivity index (χ3n) is 3.29. The van der Waals surface area contributed by atoms with Gasteiger partial charge in [0, 0.05) is 32.1 Å². The number of nitrogens with zero attached hydrogens (tertiary/aromatic N) is 3. The highest BCUT2D eigenvalue weighted by molar-refractivity contribution is 5.97. The first kappa shape index (κ1) is 12.8. The van der Waals surface area contributed by atoms with Gasteiger partial charge in [0.05, 0.1) is 0 Å². The predicted molar refractivity (Wildman–Crippen MR) is 69.7 cm³/mol. The molecule has 1 aromatic heterocycles. The van der Waals surface area contributed by atoms with Crippen LogP contribution < -0.4 is 10.6 Å². The lowest BCUT2D eigenvalue weighted by molar-refractivity contribution is 0.244. The number of anilines is 1. The van der Waals surface area contributed by atoms with Gasteiger partial charge in [-0.15, -0.1) is 0 Å². The molecule has 18 heavy (non-hydrogen) atoms. The second-order valence-electron chi connectivity index (χ2n) is 4.61. The molecule has 98 valence electrons. The van der Waals surface area contributed by atoms with E-state index in [1.165, 1.54) is 0 Å². The Labute approximate surface area is 106 Å². The molecule has 0 aliphatic carbocycles. The van der Waals surface area contributed by atoms with Crippen LogP contribution in [0, 0.1) is 11.3 Å². The third kappa shape index (κ3) is 2.76. The number of hydrogen-bond donors (Lipinski definition) is 3. The number of aliphatic hydroxyl groups excluding tert-OH is 1. The summed E-state index contributed by atoms with van der Waals surface area (Å²) in [5.41, 5.74) is 5.98. The molecule has 6 nitrogen and oxygen atoms in total. The van der Waals surface area contributed by atoms with E-state index < -0.39 is 0 Å². The zero-order valence-electron chi connectivity index (χ0n) is 10.3. The van der Waals surface area contributed by atoms with Crippen LogP contribution in [0.5, 0.6) is 0 Å². The molecule has 0 saturated carbocycles. The smallest absolute Gasteiger partial charge is 0.158 e. The minimum absolute atomic E-state index is 0.0534. The summed E-state index contributed by atoms with van der Waals surface area (Å²) in [6, 6.07) is 0. The summed E-state index contributed by atoms with van der Waals surface area (Å²) >= 11 is 0. The summed E-state index contributed by atoms with van der Waals surface area (Å²) in [7, 11) is 0. The van der Waals surface area contributed by atoms with Crippen molar-refractivity contribution in [3.63, 3.8) is 0 Å². The number of aliphatic hydroxyl groups is 1. The van der Waals surface area contributed by atoms with E-state index in [4.69, 9.17) is 16.2 Å². The van der Waals surface area contributed by atoms with Gasteiger partial charge in [0.15, 0.2) is 5.82 Å². The van der Waals surface area contributed by atoms with Gasteiger partial charge in [-0.1, -0.05) is 0 Å². The Kier molecular flexibility index (Phi) is 4.09. The van der Waals surface area contributed by atoms with Gasteiger partial charge >= 0.3 is 0 Å². The summed E-state index contributed by atoms with van der Waals surface area (Å²) in [5.74, 6) is 1.11. The van der Waals surface area contributed by atoms with Crippen LogP contribution in [0.25, 0.3) is 0 Å². The number of aromatic nitrogens is 2. The molecule has 0 amide bonds. The quantitative estimate of drug-likeness (QED) is 0.528. The predicted octanol–water partition coefficient (Wildman–Crippen LogP) is 0.359. The van der Waals surface area contributed by atoms with Gasteiger partial charge < -0.3 is 15.7 Å². The molecule has 1 aliphatic rings. The largest absolute Gasteiger partial charge is 0.396 e. The van der Waals surface area contributed by atoms with Gasteiger partial charge in [-0.2, -0.15) is 0 Å². The Morgan fingerprint density at radius 3 is 3.00 bits per heavy atom. The van der Waals surface area contributed by atoms with Gasteiger partial charge in [0.1, 0.15) is 11.5 Å². The highest BCUT2D eigenvalue weighted by Crippen LogP contribution is 2.24. The van der Waals surface area contributed by atoms with Crippen molar-refractivity contribution >= 4 is 11.7 Å². The van der Waals surface area contributed by atoms with Gasteiger partial charge in [0.25, 0.3) is 0 Å². The number of piperidine rings is 1. The highest BCUT2D eigenvalue weighted by atomic mass is 16.3. The SMILES string of the molecule is N=C(N)c1nccnc1N1CCCC(CCO)C1. The lowest BCUT2D eigenvalue weighted by atomic mass is 9.95. The first-order valence-electron chi connectivity index (χ1n) is 6.23. The van der Waals surface area contributed by atoms with Crippen molar-refractivity contribution in [2.75, 3.05) is 24.6 Å². The van der Waals surface area contributed by atoms with Crippen LogP contribution in [0.2, 0.25) is 0 Å². The van der Waals surface area contributed by atoms with E-state index >= 15 is 0 Å². The van der Waals surface area contributed by atoms with E-state index in [0.717, 1.165) is 32.4 Å². The van der Waals surface area contributed by atoms with E-state index in [1.807, 2.05) is 0 Å². The molecule has 1 aromatic rings. The number of rotatable bonds is 4. The summed E-state index contributed by atoms with van der Waals surface area (Å²) in [6.45, 7) is 1.97. The summed E-state index contributed by atoms with van der Waals surface area (Å²) in [4.78, 5) is 10.5. The van der Waals surface area contributed by atoms with Crippen LogP contribution in [-0.4, -0.2) is 40.6 Å². The Morgan fingerprint density at radius 2 is 2.28 bits per heavy atom. The minimum atomic E-state index is -0.0534. The first-order chi connectivity index (χ1) is 8.72. The number of amidine groups is 1. The fourth-order valence-electron chi connectivity index (χ4n) is 2.43. The Morgan fingerprint density at radius 1 is 1.50 bits per heavy atom. The van der Waals surface area contributed by atoms with Crippen molar-refractivity contribution in [1.82, 2.24) is 9.97 Å². The monoisotopic (exact) mass is 249 g/mol. The molecule has 6 heteroatoms. The van der Waals surface area contributed by atoms with E-state index in [0.29, 0.717) is 17.4 Å². The molecule has 2 rings (SSSR count). The van der Waals surface area contributed by atoms with Gasteiger partial charge in [0.2, 0.25) is 0 Å².